The number of hydrogen-bond donors (Lipinski definition) is 0. The maximum absolute atomic E-state index is 4.41. The second-order valence-corrected chi connectivity index (χ2v) is 3.92. The van der Waals surface area contributed by atoms with E-state index in [1.807, 2.05) is 29.8 Å². The second-order valence-electron chi connectivity index (χ2n) is 3.92. The molecule has 16 heavy (non-hydrogen) atoms. The summed E-state index contributed by atoms with van der Waals surface area (Å²) in [5.41, 5.74) is 3.50. The Hall–Kier alpha value is -1.83. The van der Waals surface area contributed by atoms with Gasteiger partial charge < -0.3 is 0 Å². The number of benzene rings is 1. The van der Waals surface area contributed by atoms with Crippen molar-refractivity contribution in [2.24, 2.45) is 0 Å². The zero-order valence-electron chi connectivity index (χ0n) is 9.72. The SMILES string of the molecule is Cc1cc(C)n(C/C=C/c2ccccc2)n1. The zero-order chi connectivity index (χ0) is 11.4. The quantitative estimate of drug-likeness (QED) is 0.764. The molecule has 0 atom stereocenters. The minimum atomic E-state index is 0.828. The van der Waals surface area contributed by atoms with Crippen LogP contribution >= 0.6 is 0 Å². The van der Waals surface area contributed by atoms with Gasteiger partial charge in [0.25, 0.3) is 0 Å². The molecular formula is C14H16N2. The first-order valence-corrected chi connectivity index (χ1v) is 5.48. The lowest BCUT2D eigenvalue weighted by atomic mass is 10.2. The molecule has 0 N–H and O–H groups in total. The third-order valence-electron chi connectivity index (χ3n) is 2.49. The first-order chi connectivity index (χ1) is 7.75. The van der Waals surface area contributed by atoms with Crippen LogP contribution in [0.15, 0.2) is 42.5 Å². The second kappa shape index (κ2) is 4.79. The highest BCUT2D eigenvalue weighted by atomic mass is 15.3. The molecule has 1 heterocycles. The molecular weight excluding hydrogens is 196 g/mol. The summed E-state index contributed by atoms with van der Waals surface area (Å²) >= 11 is 0. The van der Waals surface area contributed by atoms with Crippen molar-refractivity contribution in [3.8, 4) is 0 Å². The summed E-state index contributed by atoms with van der Waals surface area (Å²) in [5.74, 6) is 0. The predicted octanol–water partition coefficient (Wildman–Crippen LogP) is 3.21. The van der Waals surface area contributed by atoms with Crippen LogP contribution in [-0.2, 0) is 6.54 Å². The van der Waals surface area contributed by atoms with Gasteiger partial charge in [-0.3, -0.25) is 4.68 Å². The van der Waals surface area contributed by atoms with E-state index in [1.165, 1.54) is 11.3 Å². The van der Waals surface area contributed by atoms with Crippen molar-refractivity contribution in [3.05, 3.63) is 59.4 Å². The molecule has 0 fully saturated rings. The van der Waals surface area contributed by atoms with Crippen molar-refractivity contribution in [2.45, 2.75) is 20.4 Å². The molecule has 2 rings (SSSR count). The third-order valence-corrected chi connectivity index (χ3v) is 2.49. The predicted molar refractivity (Wildman–Crippen MR) is 67.2 cm³/mol. The van der Waals surface area contributed by atoms with E-state index >= 15 is 0 Å². The number of nitrogens with zero attached hydrogens (tertiary/aromatic N) is 2. The summed E-state index contributed by atoms with van der Waals surface area (Å²) in [6.07, 6.45) is 4.26. The minimum Gasteiger partial charge on any atom is -0.266 e. The summed E-state index contributed by atoms with van der Waals surface area (Å²) < 4.78 is 2.01. The van der Waals surface area contributed by atoms with Crippen LogP contribution in [0.5, 0.6) is 0 Å². The Labute approximate surface area is 96.2 Å². The van der Waals surface area contributed by atoms with Gasteiger partial charge in [-0.25, -0.2) is 0 Å². The van der Waals surface area contributed by atoms with Crippen LogP contribution in [0.2, 0.25) is 0 Å². The standard InChI is InChI=1S/C14H16N2/c1-12-11-13(2)16(15-12)10-6-9-14-7-4-3-5-8-14/h3-9,11H,10H2,1-2H3/b9-6+. The molecule has 0 radical (unpaired) electrons. The Morgan fingerprint density at radius 1 is 1.19 bits per heavy atom. The summed E-state index contributed by atoms with van der Waals surface area (Å²) in [6, 6.07) is 12.4. The lowest BCUT2D eigenvalue weighted by Crippen LogP contribution is -1.99. The van der Waals surface area contributed by atoms with E-state index in [0.29, 0.717) is 0 Å². The number of allylic oxidation sites excluding steroid dienone is 1. The van der Waals surface area contributed by atoms with Crippen molar-refractivity contribution in [2.75, 3.05) is 0 Å². The Morgan fingerprint density at radius 3 is 2.56 bits per heavy atom. The largest absolute Gasteiger partial charge is 0.266 e. The van der Waals surface area contributed by atoms with E-state index in [2.05, 4.69) is 42.4 Å². The van der Waals surface area contributed by atoms with E-state index in [-0.39, 0.29) is 0 Å². The monoisotopic (exact) mass is 212 g/mol. The molecule has 1 aromatic carbocycles. The summed E-state index contributed by atoms with van der Waals surface area (Å²) in [5, 5.41) is 4.41. The van der Waals surface area contributed by atoms with Crippen LogP contribution in [0.4, 0.5) is 0 Å². The average Bonchev–Trinajstić information content (AvgIpc) is 2.59. The van der Waals surface area contributed by atoms with Gasteiger partial charge in [-0.1, -0.05) is 42.5 Å². The molecule has 0 aliphatic rings. The Kier molecular flexibility index (Phi) is 3.20. The van der Waals surface area contributed by atoms with Gasteiger partial charge in [-0.05, 0) is 25.5 Å². The van der Waals surface area contributed by atoms with Gasteiger partial charge in [0.2, 0.25) is 0 Å². The molecule has 82 valence electrons. The highest BCUT2D eigenvalue weighted by Gasteiger charge is 1.97. The van der Waals surface area contributed by atoms with E-state index < -0.39 is 0 Å². The van der Waals surface area contributed by atoms with Crippen LogP contribution in [0.3, 0.4) is 0 Å². The normalized spacial score (nSPS) is 11.1. The maximum Gasteiger partial charge on any atom is 0.0596 e. The highest BCUT2D eigenvalue weighted by Crippen LogP contribution is 2.04. The van der Waals surface area contributed by atoms with Crippen LogP contribution in [0.25, 0.3) is 6.08 Å². The summed E-state index contributed by atoms with van der Waals surface area (Å²) in [4.78, 5) is 0. The Balaban J connectivity index is 2.02. The van der Waals surface area contributed by atoms with Crippen molar-refractivity contribution < 1.29 is 0 Å². The van der Waals surface area contributed by atoms with Gasteiger partial charge in [0.1, 0.15) is 0 Å². The highest BCUT2D eigenvalue weighted by molar-refractivity contribution is 5.48. The topological polar surface area (TPSA) is 17.8 Å². The van der Waals surface area contributed by atoms with Gasteiger partial charge in [0.15, 0.2) is 0 Å². The van der Waals surface area contributed by atoms with E-state index in [0.717, 1.165) is 12.2 Å². The van der Waals surface area contributed by atoms with Crippen molar-refractivity contribution in [1.29, 1.82) is 0 Å². The minimum absolute atomic E-state index is 0.828. The van der Waals surface area contributed by atoms with E-state index in [1.54, 1.807) is 0 Å². The molecule has 2 aromatic rings. The van der Waals surface area contributed by atoms with Gasteiger partial charge in [0, 0.05) is 5.69 Å². The molecule has 0 unspecified atom stereocenters. The van der Waals surface area contributed by atoms with Gasteiger partial charge in [-0.2, -0.15) is 5.10 Å². The van der Waals surface area contributed by atoms with Crippen molar-refractivity contribution in [1.82, 2.24) is 9.78 Å². The first-order valence-electron chi connectivity index (χ1n) is 5.48. The number of aromatic nitrogens is 2. The molecule has 2 heteroatoms. The van der Waals surface area contributed by atoms with Crippen LogP contribution in [-0.4, -0.2) is 9.78 Å². The number of hydrogen-bond acceptors (Lipinski definition) is 1. The molecule has 0 aliphatic carbocycles. The number of rotatable bonds is 3. The zero-order valence-corrected chi connectivity index (χ0v) is 9.72. The molecule has 0 bridgehead atoms. The van der Waals surface area contributed by atoms with Crippen molar-refractivity contribution >= 4 is 6.08 Å². The molecule has 1 aromatic heterocycles. The summed E-state index contributed by atoms with van der Waals surface area (Å²) in [6.45, 7) is 4.93. The lowest BCUT2D eigenvalue weighted by Gasteiger charge is -1.98. The Bertz CT molecular complexity index is 481. The molecule has 2 nitrogen and oxygen atoms in total. The smallest absolute Gasteiger partial charge is 0.0596 e. The van der Waals surface area contributed by atoms with Crippen LogP contribution in [0.1, 0.15) is 17.0 Å². The van der Waals surface area contributed by atoms with Gasteiger partial charge >= 0.3 is 0 Å². The fraction of sp³-hybridized carbons (Fsp3) is 0.214. The third kappa shape index (κ3) is 2.60. The first kappa shape index (κ1) is 10.7. The fourth-order valence-electron chi connectivity index (χ4n) is 1.71. The fourth-order valence-corrected chi connectivity index (χ4v) is 1.71. The summed E-state index contributed by atoms with van der Waals surface area (Å²) in [7, 11) is 0. The maximum atomic E-state index is 4.41. The van der Waals surface area contributed by atoms with Gasteiger partial charge in [-0.15, -0.1) is 0 Å². The molecule has 0 saturated heterocycles. The van der Waals surface area contributed by atoms with E-state index in [9.17, 15) is 0 Å². The van der Waals surface area contributed by atoms with Crippen LogP contribution in [0, 0.1) is 13.8 Å². The Morgan fingerprint density at radius 2 is 1.94 bits per heavy atom. The molecule has 0 spiro atoms. The molecule has 0 saturated carbocycles. The van der Waals surface area contributed by atoms with Gasteiger partial charge in [0.05, 0.1) is 12.2 Å². The van der Waals surface area contributed by atoms with Crippen molar-refractivity contribution in [3.63, 3.8) is 0 Å². The average molecular weight is 212 g/mol. The molecule has 0 aliphatic heterocycles. The molecule has 0 amide bonds. The lowest BCUT2D eigenvalue weighted by molar-refractivity contribution is 0.673. The van der Waals surface area contributed by atoms with Crippen LogP contribution < -0.4 is 0 Å². The van der Waals surface area contributed by atoms with E-state index in [4.69, 9.17) is 0 Å². The number of aryl methyl sites for hydroxylation is 2.